The van der Waals surface area contributed by atoms with Gasteiger partial charge < -0.3 is 0 Å². The minimum atomic E-state index is -0.380. The van der Waals surface area contributed by atoms with Crippen molar-refractivity contribution in [3.8, 4) is 6.07 Å². The Balaban J connectivity index is 3.39. The summed E-state index contributed by atoms with van der Waals surface area (Å²) in [5, 5.41) is 8.52. The van der Waals surface area contributed by atoms with Gasteiger partial charge in [0.05, 0.1) is 5.56 Å². The van der Waals surface area contributed by atoms with E-state index < -0.39 is 0 Å². The molecule has 0 bridgehead atoms. The van der Waals surface area contributed by atoms with Crippen LogP contribution >= 0.6 is 38.5 Å². The minimum Gasteiger partial charge on any atom is -0.207 e. The maximum atomic E-state index is 12.6. The molecule has 0 spiro atoms. The number of hydrogen-bond acceptors (Lipinski definition) is 1. The highest BCUT2D eigenvalue weighted by atomic mass is 127. The Morgan fingerprint density at radius 1 is 1.55 bits per heavy atom. The first-order valence-electron chi connectivity index (χ1n) is 2.70. The number of nitrogens with zero attached hydrogens (tertiary/aromatic N) is 1. The zero-order chi connectivity index (χ0) is 8.43. The van der Waals surface area contributed by atoms with Crippen molar-refractivity contribution in [2.75, 3.05) is 0 Å². The van der Waals surface area contributed by atoms with Gasteiger partial charge >= 0.3 is 0 Å². The molecule has 0 aliphatic carbocycles. The van der Waals surface area contributed by atoms with E-state index in [2.05, 4.69) is 15.9 Å². The molecule has 0 aliphatic heterocycles. The van der Waals surface area contributed by atoms with Gasteiger partial charge in [-0.05, 0) is 50.7 Å². The van der Waals surface area contributed by atoms with Crippen LogP contribution in [0.1, 0.15) is 5.56 Å². The van der Waals surface area contributed by atoms with Crippen molar-refractivity contribution in [3.05, 3.63) is 31.6 Å². The third-order valence-electron chi connectivity index (χ3n) is 1.11. The highest BCUT2D eigenvalue weighted by Gasteiger charge is 2.05. The second-order valence-corrected chi connectivity index (χ2v) is 3.82. The van der Waals surface area contributed by atoms with E-state index in [0.717, 1.165) is 0 Å². The molecular formula is C7H2BrFIN. The Morgan fingerprint density at radius 3 is 2.73 bits per heavy atom. The SMILES string of the molecule is N#Cc1cc(F)cc(I)c1Br. The average Bonchev–Trinajstić information content (AvgIpc) is 1.96. The zero-order valence-electron chi connectivity index (χ0n) is 5.24. The highest BCUT2D eigenvalue weighted by molar-refractivity contribution is 14.1. The van der Waals surface area contributed by atoms with Crippen LogP contribution < -0.4 is 0 Å². The molecule has 0 N–H and O–H groups in total. The van der Waals surface area contributed by atoms with Crippen molar-refractivity contribution in [3.63, 3.8) is 0 Å². The van der Waals surface area contributed by atoms with Crippen LogP contribution in [0.3, 0.4) is 0 Å². The fraction of sp³-hybridized carbons (Fsp3) is 0. The average molecular weight is 326 g/mol. The van der Waals surface area contributed by atoms with E-state index in [0.29, 0.717) is 13.6 Å². The first kappa shape index (κ1) is 8.94. The molecule has 0 atom stereocenters. The topological polar surface area (TPSA) is 23.8 Å². The van der Waals surface area contributed by atoms with E-state index in [1.807, 2.05) is 28.7 Å². The van der Waals surface area contributed by atoms with E-state index in [1.165, 1.54) is 12.1 Å². The fourth-order valence-corrected chi connectivity index (χ4v) is 1.54. The predicted molar refractivity (Wildman–Crippen MR) is 51.5 cm³/mol. The maximum Gasteiger partial charge on any atom is 0.125 e. The quantitative estimate of drug-likeness (QED) is 0.531. The first-order valence-corrected chi connectivity index (χ1v) is 4.57. The second kappa shape index (κ2) is 3.50. The van der Waals surface area contributed by atoms with Crippen LogP contribution in [-0.4, -0.2) is 0 Å². The van der Waals surface area contributed by atoms with Crippen molar-refractivity contribution in [2.24, 2.45) is 0 Å². The summed E-state index contributed by atoms with van der Waals surface area (Å²) in [7, 11) is 0. The molecule has 11 heavy (non-hydrogen) atoms. The molecule has 1 nitrogen and oxygen atoms in total. The molecule has 1 aromatic carbocycles. The van der Waals surface area contributed by atoms with Gasteiger partial charge in [-0.1, -0.05) is 0 Å². The normalized spacial score (nSPS) is 9.27. The third kappa shape index (κ3) is 1.91. The molecule has 0 heterocycles. The van der Waals surface area contributed by atoms with E-state index in [9.17, 15) is 4.39 Å². The molecule has 4 heteroatoms. The molecule has 0 aromatic heterocycles. The number of benzene rings is 1. The lowest BCUT2D eigenvalue weighted by Gasteiger charge is -1.97. The van der Waals surface area contributed by atoms with Crippen molar-refractivity contribution in [2.45, 2.75) is 0 Å². The zero-order valence-corrected chi connectivity index (χ0v) is 8.98. The number of hydrogen-bond donors (Lipinski definition) is 0. The van der Waals surface area contributed by atoms with Crippen LogP contribution in [0.25, 0.3) is 0 Å². The Morgan fingerprint density at radius 2 is 2.18 bits per heavy atom. The summed E-state index contributed by atoms with van der Waals surface area (Å²) >= 11 is 5.14. The van der Waals surface area contributed by atoms with Crippen LogP contribution in [-0.2, 0) is 0 Å². The summed E-state index contributed by atoms with van der Waals surface area (Å²) in [6, 6.07) is 4.45. The third-order valence-corrected chi connectivity index (χ3v) is 3.56. The van der Waals surface area contributed by atoms with E-state index in [4.69, 9.17) is 5.26 Å². The molecule has 56 valence electrons. The van der Waals surface area contributed by atoms with Gasteiger partial charge in [0, 0.05) is 8.04 Å². The summed E-state index contributed by atoms with van der Waals surface area (Å²) in [6.07, 6.45) is 0. The van der Waals surface area contributed by atoms with Gasteiger partial charge in [-0.3, -0.25) is 0 Å². The lowest BCUT2D eigenvalue weighted by molar-refractivity contribution is 0.626. The molecule has 0 unspecified atom stereocenters. The van der Waals surface area contributed by atoms with Crippen molar-refractivity contribution < 1.29 is 4.39 Å². The van der Waals surface area contributed by atoms with E-state index in [-0.39, 0.29) is 5.82 Å². The molecule has 1 rings (SSSR count). The van der Waals surface area contributed by atoms with Crippen LogP contribution in [0.4, 0.5) is 4.39 Å². The van der Waals surface area contributed by atoms with Crippen LogP contribution in [0, 0.1) is 20.7 Å². The number of nitriles is 1. The van der Waals surface area contributed by atoms with Crippen molar-refractivity contribution in [1.29, 1.82) is 5.26 Å². The Labute approximate surface area is 85.5 Å². The Kier molecular flexibility index (Phi) is 2.84. The largest absolute Gasteiger partial charge is 0.207 e. The lowest BCUT2D eigenvalue weighted by atomic mass is 10.2. The predicted octanol–water partition coefficient (Wildman–Crippen LogP) is 3.06. The van der Waals surface area contributed by atoms with Gasteiger partial charge in [-0.15, -0.1) is 0 Å². The Hall–Kier alpha value is -0.150. The van der Waals surface area contributed by atoms with Gasteiger partial charge in [0.15, 0.2) is 0 Å². The van der Waals surface area contributed by atoms with Crippen LogP contribution in [0.2, 0.25) is 0 Å². The fourth-order valence-electron chi connectivity index (χ4n) is 0.637. The van der Waals surface area contributed by atoms with Gasteiger partial charge in [-0.2, -0.15) is 5.26 Å². The molecule has 0 radical (unpaired) electrons. The van der Waals surface area contributed by atoms with Gasteiger partial charge in [-0.25, -0.2) is 4.39 Å². The second-order valence-electron chi connectivity index (χ2n) is 1.86. The first-order chi connectivity index (χ1) is 5.15. The molecule has 0 amide bonds. The summed E-state index contributed by atoms with van der Waals surface area (Å²) in [4.78, 5) is 0. The van der Waals surface area contributed by atoms with E-state index >= 15 is 0 Å². The van der Waals surface area contributed by atoms with Crippen molar-refractivity contribution >= 4 is 38.5 Å². The van der Waals surface area contributed by atoms with Crippen molar-refractivity contribution in [1.82, 2.24) is 0 Å². The number of rotatable bonds is 0. The monoisotopic (exact) mass is 325 g/mol. The van der Waals surface area contributed by atoms with Crippen LogP contribution in [0.15, 0.2) is 16.6 Å². The molecule has 1 aromatic rings. The highest BCUT2D eigenvalue weighted by Crippen LogP contribution is 2.23. The molecule has 0 fully saturated rings. The summed E-state index contributed by atoms with van der Waals surface area (Å²) in [5.74, 6) is -0.380. The standard InChI is InChI=1S/C7H2BrFIN/c8-7-4(3-11)1-5(9)2-6(7)10/h1-2H. The van der Waals surface area contributed by atoms with Gasteiger partial charge in [0.2, 0.25) is 0 Å². The van der Waals surface area contributed by atoms with Crippen LogP contribution in [0.5, 0.6) is 0 Å². The minimum absolute atomic E-state index is 0.328. The summed E-state index contributed by atoms with van der Waals surface area (Å²) < 4.78 is 14.0. The number of halogens is 3. The maximum absolute atomic E-state index is 12.6. The smallest absolute Gasteiger partial charge is 0.125 e. The van der Waals surface area contributed by atoms with Gasteiger partial charge in [0.1, 0.15) is 11.9 Å². The molecule has 0 saturated heterocycles. The molecule has 0 saturated carbocycles. The Bertz CT molecular complexity index is 332. The summed E-state index contributed by atoms with van der Waals surface area (Å²) in [6.45, 7) is 0. The summed E-state index contributed by atoms with van der Waals surface area (Å²) in [5.41, 5.74) is 0.328. The van der Waals surface area contributed by atoms with E-state index in [1.54, 1.807) is 0 Å². The molecular weight excluding hydrogens is 324 g/mol. The molecule has 0 aliphatic rings. The lowest BCUT2D eigenvalue weighted by Crippen LogP contribution is -1.84. The van der Waals surface area contributed by atoms with Gasteiger partial charge in [0.25, 0.3) is 0 Å².